The summed E-state index contributed by atoms with van der Waals surface area (Å²) in [7, 11) is 0. The molecule has 0 N–H and O–H groups in total. The van der Waals surface area contributed by atoms with Crippen molar-refractivity contribution in [2.24, 2.45) is 0 Å². The Hall–Kier alpha value is -1.18. The van der Waals surface area contributed by atoms with Crippen LogP contribution < -0.4 is 9.47 Å². The maximum atomic E-state index is 5.66. The Labute approximate surface area is 72.1 Å². The van der Waals surface area contributed by atoms with Crippen LogP contribution in [-0.2, 0) is 0 Å². The zero-order valence-electron chi connectivity index (χ0n) is 7.12. The van der Waals surface area contributed by atoms with Gasteiger partial charge in [-0.3, -0.25) is 0 Å². The molecule has 2 rings (SSSR count). The van der Waals surface area contributed by atoms with Crippen molar-refractivity contribution < 1.29 is 9.47 Å². The second kappa shape index (κ2) is 3.05. The summed E-state index contributed by atoms with van der Waals surface area (Å²) in [4.78, 5) is 0. The number of rotatable bonds is 1. The maximum absolute atomic E-state index is 5.66. The lowest BCUT2D eigenvalue weighted by Crippen LogP contribution is -2.28. The molecular formula is C10H12O2. The molecule has 1 atom stereocenters. The molecule has 12 heavy (non-hydrogen) atoms. The molecule has 1 aromatic carbocycles. The Morgan fingerprint density at radius 1 is 1.33 bits per heavy atom. The third-order valence-corrected chi connectivity index (χ3v) is 2.02. The third kappa shape index (κ3) is 1.24. The van der Waals surface area contributed by atoms with E-state index in [1.165, 1.54) is 0 Å². The second-order valence-corrected chi connectivity index (χ2v) is 2.91. The van der Waals surface area contributed by atoms with Crippen molar-refractivity contribution in [2.75, 3.05) is 6.61 Å². The topological polar surface area (TPSA) is 18.5 Å². The highest BCUT2D eigenvalue weighted by molar-refractivity contribution is 5.40. The second-order valence-electron chi connectivity index (χ2n) is 2.91. The van der Waals surface area contributed by atoms with Crippen LogP contribution in [0.1, 0.15) is 13.3 Å². The largest absolute Gasteiger partial charge is 0.486 e. The molecule has 2 nitrogen and oxygen atoms in total. The van der Waals surface area contributed by atoms with E-state index in [9.17, 15) is 0 Å². The highest BCUT2D eigenvalue weighted by atomic mass is 16.6. The Morgan fingerprint density at radius 3 is 2.83 bits per heavy atom. The molecular weight excluding hydrogens is 152 g/mol. The van der Waals surface area contributed by atoms with Crippen LogP contribution in [0.5, 0.6) is 11.5 Å². The third-order valence-electron chi connectivity index (χ3n) is 2.02. The molecule has 2 heteroatoms. The van der Waals surface area contributed by atoms with Crippen LogP contribution in [0.25, 0.3) is 0 Å². The first-order valence-corrected chi connectivity index (χ1v) is 4.28. The summed E-state index contributed by atoms with van der Waals surface area (Å²) in [5, 5.41) is 0. The van der Waals surface area contributed by atoms with E-state index in [2.05, 4.69) is 6.92 Å². The van der Waals surface area contributed by atoms with Crippen LogP contribution >= 0.6 is 0 Å². The molecule has 64 valence electrons. The summed E-state index contributed by atoms with van der Waals surface area (Å²) >= 11 is 0. The van der Waals surface area contributed by atoms with Gasteiger partial charge in [-0.15, -0.1) is 0 Å². The van der Waals surface area contributed by atoms with Crippen molar-refractivity contribution in [1.29, 1.82) is 0 Å². The van der Waals surface area contributed by atoms with Crippen molar-refractivity contribution in [3.63, 3.8) is 0 Å². The van der Waals surface area contributed by atoms with Crippen LogP contribution in [0.2, 0.25) is 0 Å². The molecule has 0 bridgehead atoms. The molecule has 0 radical (unpaired) electrons. The summed E-state index contributed by atoms with van der Waals surface area (Å²) in [5.74, 6) is 1.73. The van der Waals surface area contributed by atoms with Gasteiger partial charge in [0.1, 0.15) is 12.7 Å². The summed E-state index contributed by atoms with van der Waals surface area (Å²) in [6.45, 7) is 2.77. The molecule has 0 aliphatic carbocycles. The van der Waals surface area contributed by atoms with Gasteiger partial charge in [-0.05, 0) is 18.6 Å². The molecule has 0 saturated heterocycles. The lowest BCUT2D eigenvalue weighted by atomic mass is 10.2. The average Bonchev–Trinajstić information content (AvgIpc) is 2.17. The molecule has 0 amide bonds. The van der Waals surface area contributed by atoms with E-state index < -0.39 is 0 Å². The standard InChI is InChI=1S/C10H12O2/c1-2-8-7-11-9-5-3-4-6-10(9)12-8/h3-6,8H,2,7H2,1H3/t8-/m1/s1. The van der Waals surface area contributed by atoms with Gasteiger partial charge in [0.15, 0.2) is 11.5 Å². The van der Waals surface area contributed by atoms with E-state index in [4.69, 9.17) is 9.47 Å². The van der Waals surface area contributed by atoms with E-state index in [-0.39, 0.29) is 6.10 Å². The van der Waals surface area contributed by atoms with Crippen molar-refractivity contribution in [1.82, 2.24) is 0 Å². The van der Waals surface area contributed by atoms with Crippen molar-refractivity contribution in [2.45, 2.75) is 19.4 Å². The highest BCUT2D eigenvalue weighted by Crippen LogP contribution is 2.31. The SMILES string of the molecule is CC[C@@H]1COc2ccccc2O1. The Kier molecular flexibility index (Phi) is 1.90. The summed E-state index contributed by atoms with van der Waals surface area (Å²) < 4.78 is 11.2. The smallest absolute Gasteiger partial charge is 0.161 e. The first kappa shape index (κ1) is 7.47. The quantitative estimate of drug-likeness (QED) is 0.633. The molecule has 1 aliphatic rings. The van der Waals surface area contributed by atoms with Crippen LogP contribution in [0, 0.1) is 0 Å². The predicted molar refractivity (Wildman–Crippen MR) is 46.6 cm³/mol. The highest BCUT2D eigenvalue weighted by Gasteiger charge is 2.17. The summed E-state index contributed by atoms with van der Waals surface area (Å²) in [6, 6.07) is 7.78. The summed E-state index contributed by atoms with van der Waals surface area (Å²) in [6.07, 6.45) is 1.22. The van der Waals surface area contributed by atoms with Gasteiger partial charge in [-0.2, -0.15) is 0 Å². The van der Waals surface area contributed by atoms with Crippen LogP contribution in [0.3, 0.4) is 0 Å². The fourth-order valence-corrected chi connectivity index (χ4v) is 1.26. The van der Waals surface area contributed by atoms with E-state index in [0.29, 0.717) is 6.61 Å². The molecule has 1 aromatic rings. The summed E-state index contributed by atoms with van der Waals surface area (Å²) in [5.41, 5.74) is 0. The van der Waals surface area contributed by atoms with E-state index in [0.717, 1.165) is 17.9 Å². The molecule has 0 aromatic heterocycles. The zero-order valence-corrected chi connectivity index (χ0v) is 7.12. The molecule has 1 aliphatic heterocycles. The normalized spacial score (nSPS) is 20.6. The minimum absolute atomic E-state index is 0.222. The van der Waals surface area contributed by atoms with Crippen molar-refractivity contribution >= 4 is 0 Å². The maximum Gasteiger partial charge on any atom is 0.161 e. The monoisotopic (exact) mass is 164 g/mol. The average molecular weight is 164 g/mol. The minimum atomic E-state index is 0.222. The van der Waals surface area contributed by atoms with Gasteiger partial charge in [0.25, 0.3) is 0 Å². The van der Waals surface area contributed by atoms with E-state index in [1.807, 2.05) is 24.3 Å². The van der Waals surface area contributed by atoms with Crippen molar-refractivity contribution in [3.05, 3.63) is 24.3 Å². The number of benzene rings is 1. The predicted octanol–water partition coefficient (Wildman–Crippen LogP) is 2.24. The fraction of sp³-hybridized carbons (Fsp3) is 0.400. The first-order valence-electron chi connectivity index (χ1n) is 4.28. The molecule has 0 fully saturated rings. The lowest BCUT2D eigenvalue weighted by molar-refractivity contribution is 0.0884. The number of ether oxygens (including phenoxy) is 2. The lowest BCUT2D eigenvalue weighted by Gasteiger charge is -2.25. The molecule has 0 spiro atoms. The number of fused-ring (bicyclic) bond motifs is 1. The fourth-order valence-electron chi connectivity index (χ4n) is 1.26. The van der Waals surface area contributed by atoms with Gasteiger partial charge in [-0.1, -0.05) is 19.1 Å². The molecule has 1 heterocycles. The van der Waals surface area contributed by atoms with E-state index >= 15 is 0 Å². The van der Waals surface area contributed by atoms with Gasteiger partial charge in [-0.25, -0.2) is 0 Å². The zero-order chi connectivity index (χ0) is 8.39. The number of hydrogen-bond acceptors (Lipinski definition) is 2. The van der Waals surface area contributed by atoms with Gasteiger partial charge in [0, 0.05) is 0 Å². The number of hydrogen-bond donors (Lipinski definition) is 0. The Bertz CT molecular complexity index is 270. The minimum Gasteiger partial charge on any atom is -0.486 e. The Balaban J connectivity index is 2.23. The first-order chi connectivity index (χ1) is 5.90. The van der Waals surface area contributed by atoms with Crippen LogP contribution in [0.4, 0.5) is 0 Å². The van der Waals surface area contributed by atoms with Crippen LogP contribution in [0.15, 0.2) is 24.3 Å². The molecule has 0 saturated carbocycles. The van der Waals surface area contributed by atoms with Gasteiger partial charge in [0.05, 0.1) is 0 Å². The van der Waals surface area contributed by atoms with Gasteiger partial charge >= 0.3 is 0 Å². The van der Waals surface area contributed by atoms with Crippen LogP contribution in [-0.4, -0.2) is 12.7 Å². The van der Waals surface area contributed by atoms with Gasteiger partial charge < -0.3 is 9.47 Å². The molecule has 0 unspecified atom stereocenters. The van der Waals surface area contributed by atoms with Crippen molar-refractivity contribution in [3.8, 4) is 11.5 Å². The van der Waals surface area contributed by atoms with E-state index in [1.54, 1.807) is 0 Å². The Morgan fingerprint density at radius 2 is 2.08 bits per heavy atom. The van der Waals surface area contributed by atoms with Gasteiger partial charge in [0.2, 0.25) is 0 Å². The number of para-hydroxylation sites is 2.